The first-order chi connectivity index (χ1) is 18.7. The van der Waals surface area contributed by atoms with Gasteiger partial charge in [-0.05, 0) is 78.8 Å². The third-order valence-electron chi connectivity index (χ3n) is 8.11. The second-order valence-electron chi connectivity index (χ2n) is 11.5. The Kier molecular flexibility index (Phi) is 6.72. The first-order valence-electron chi connectivity index (χ1n) is 13.5. The number of fused-ring (bicyclic) bond motifs is 2. The number of hydrogen-bond donors (Lipinski definition) is 1. The van der Waals surface area contributed by atoms with Gasteiger partial charge in [0.05, 0.1) is 32.8 Å². The van der Waals surface area contributed by atoms with Gasteiger partial charge in [-0.1, -0.05) is 30.7 Å². The second kappa shape index (κ2) is 10.1. The maximum absolute atomic E-state index is 11.2. The molecule has 2 heterocycles. The SMILES string of the molecule is Cc1cc(OCC2(C)COC2)cc(C)c1-c1c(Cl)ccc2c1CC[C@H]2Oc1ccc2c(c1)OCC2CC(=O)O. The molecule has 0 bridgehead atoms. The quantitative estimate of drug-likeness (QED) is 0.325. The molecule has 0 amide bonds. The summed E-state index contributed by atoms with van der Waals surface area (Å²) in [6, 6.07) is 14.0. The fourth-order valence-electron chi connectivity index (χ4n) is 6.10. The van der Waals surface area contributed by atoms with E-state index in [4.69, 9.17) is 30.5 Å². The lowest BCUT2D eigenvalue weighted by Crippen LogP contribution is -2.44. The molecule has 204 valence electrons. The van der Waals surface area contributed by atoms with Crippen molar-refractivity contribution in [2.24, 2.45) is 5.41 Å². The zero-order valence-electron chi connectivity index (χ0n) is 22.5. The summed E-state index contributed by atoms with van der Waals surface area (Å²) in [4.78, 5) is 11.2. The van der Waals surface area contributed by atoms with Gasteiger partial charge in [0, 0.05) is 33.5 Å². The molecule has 3 aliphatic rings. The van der Waals surface area contributed by atoms with Gasteiger partial charge in [0.2, 0.25) is 0 Å². The Morgan fingerprint density at radius 3 is 2.49 bits per heavy atom. The van der Waals surface area contributed by atoms with E-state index in [1.807, 2.05) is 24.3 Å². The van der Waals surface area contributed by atoms with Crippen LogP contribution in [0.3, 0.4) is 0 Å². The molecule has 1 unspecified atom stereocenters. The van der Waals surface area contributed by atoms with Crippen LogP contribution in [0.2, 0.25) is 5.02 Å². The predicted molar refractivity (Wildman–Crippen MR) is 149 cm³/mol. The van der Waals surface area contributed by atoms with Gasteiger partial charge in [0.25, 0.3) is 0 Å². The van der Waals surface area contributed by atoms with Gasteiger partial charge in [0.1, 0.15) is 23.4 Å². The van der Waals surface area contributed by atoms with E-state index in [9.17, 15) is 9.90 Å². The van der Waals surface area contributed by atoms with Crippen molar-refractivity contribution < 1.29 is 28.8 Å². The minimum Gasteiger partial charge on any atom is -0.493 e. The van der Waals surface area contributed by atoms with E-state index in [2.05, 4.69) is 39.0 Å². The zero-order chi connectivity index (χ0) is 27.3. The molecule has 6 nitrogen and oxygen atoms in total. The summed E-state index contributed by atoms with van der Waals surface area (Å²) in [6.07, 6.45) is 1.68. The van der Waals surface area contributed by atoms with Crippen LogP contribution in [0.15, 0.2) is 42.5 Å². The number of benzene rings is 3. The van der Waals surface area contributed by atoms with Crippen LogP contribution in [0.4, 0.5) is 0 Å². The third kappa shape index (κ3) is 4.96. The highest BCUT2D eigenvalue weighted by Gasteiger charge is 2.35. The molecule has 1 fully saturated rings. The molecular weight excluding hydrogens is 516 g/mol. The molecule has 0 radical (unpaired) electrons. The minimum atomic E-state index is -0.820. The summed E-state index contributed by atoms with van der Waals surface area (Å²) in [6.45, 7) is 8.91. The Bertz CT molecular complexity index is 1420. The van der Waals surface area contributed by atoms with Crippen molar-refractivity contribution in [1.82, 2.24) is 0 Å². The largest absolute Gasteiger partial charge is 0.493 e. The fraction of sp³-hybridized carbons (Fsp3) is 0.406. The number of aryl methyl sites for hydroxylation is 2. The van der Waals surface area contributed by atoms with Gasteiger partial charge in [-0.3, -0.25) is 4.79 Å². The van der Waals surface area contributed by atoms with Crippen LogP contribution in [0.1, 0.15) is 59.6 Å². The van der Waals surface area contributed by atoms with Gasteiger partial charge in [-0.25, -0.2) is 0 Å². The standard InChI is InChI=1S/C32H33ClO6/c1-18-10-22(38-17-32(3)15-36-16-32)11-19(2)30(18)31-25-7-9-27(24(25)6-8-26(31)33)39-21-4-5-23-20(12-29(34)35)14-37-28(23)13-21/h4-6,8,10-11,13,20,27H,7,9,12,14-17H2,1-3H3,(H,34,35)/t20?,27-/m1/s1. The van der Waals surface area contributed by atoms with Crippen LogP contribution in [-0.4, -0.2) is 37.5 Å². The van der Waals surface area contributed by atoms with E-state index in [-0.39, 0.29) is 23.9 Å². The van der Waals surface area contributed by atoms with Crippen LogP contribution in [0.25, 0.3) is 11.1 Å². The number of carboxylic acid groups (broad SMARTS) is 1. The van der Waals surface area contributed by atoms with Gasteiger partial charge >= 0.3 is 5.97 Å². The first kappa shape index (κ1) is 26.0. The fourth-order valence-corrected chi connectivity index (χ4v) is 6.37. The maximum atomic E-state index is 11.2. The molecule has 0 saturated carbocycles. The number of hydrogen-bond acceptors (Lipinski definition) is 5. The van der Waals surface area contributed by atoms with E-state index < -0.39 is 5.97 Å². The summed E-state index contributed by atoms with van der Waals surface area (Å²) in [7, 11) is 0. The number of carboxylic acids is 1. The molecular formula is C32H33ClO6. The van der Waals surface area contributed by atoms with Crippen LogP contribution >= 0.6 is 11.6 Å². The van der Waals surface area contributed by atoms with Crippen molar-refractivity contribution in [3.63, 3.8) is 0 Å². The topological polar surface area (TPSA) is 74.2 Å². The van der Waals surface area contributed by atoms with E-state index in [0.717, 1.165) is 76.0 Å². The van der Waals surface area contributed by atoms with Crippen LogP contribution in [-0.2, 0) is 16.0 Å². The molecule has 1 aliphatic carbocycles. The molecule has 0 aromatic heterocycles. The van der Waals surface area contributed by atoms with Gasteiger partial charge in [-0.15, -0.1) is 0 Å². The normalized spacial score (nSPS) is 20.5. The van der Waals surface area contributed by atoms with Crippen molar-refractivity contribution >= 4 is 17.6 Å². The van der Waals surface area contributed by atoms with Crippen LogP contribution < -0.4 is 14.2 Å². The summed E-state index contributed by atoms with van der Waals surface area (Å²) in [5, 5.41) is 9.91. The summed E-state index contributed by atoms with van der Waals surface area (Å²) in [5.74, 6) is 1.36. The number of halogens is 1. The van der Waals surface area contributed by atoms with E-state index >= 15 is 0 Å². The lowest BCUT2D eigenvalue weighted by atomic mass is 9.89. The Labute approximate surface area is 233 Å². The average Bonchev–Trinajstić information content (AvgIpc) is 3.46. The molecule has 3 aromatic carbocycles. The third-order valence-corrected chi connectivity index (χ3v) is 8.43. The number of aliphatic carboxylic acids is 1. The molecule has 0 spiro atoms. The van der Waals surface area contributed by atoms with Gasteiger partial charge < -0.3 is 24.1 Å². The lowest BCUT2D eigenvalue weighted by Gasteiger charge is -2.37. The molecule has 3 aromatic rings. The lowest BCUT2D eigenvalue weighted by molar-refractivity contribution is -0.137. The summed E-state index contributed by atoms with van der Waals surface area (Å²) < 4.78 is 23.8. The van der Waals surface area contributed by atoms with Gasteiger partial charge in [0.15, 0.2) is 0 Å². The smallest absolute Gasteiger partial charge is 0.304 e. The molecule has 1 saturated heterocycles. The number of ether oxygens (including phenoxy) is 4. The monoisotopic (exact) mass is 548 g/mol. The molecule has 7 heteroatoms. The predicted octanol–water partition coefficient (Wildman–Crippen LogP) is 7.06. The minimum absolute atomic E-state index is 0.0625. The second-order valence-corrected chi connectivity index (χ2v) is 11.9. The number of rotatable bonds is 8. The van der Waals surface area contributed by atoms with Crippen LogP contribution in [0, 0.1) is 19.3 Å². The Balaban J connectivity index is 1.25. The Morgan fingerprint density at radius 2 is 1.79 bits per heavy atom. The van der Waals surface area contributed by atoms with E-state index in [0.29, 0.717) is 19.0 Å². The number of carbonyl (C=O) groups is 1. The maximum Gasteiger partial charge on any atom is 0.304 e. The molecule has 6 rings (SSSR count). The van der Waals surface area contributed by atoms with E-state index in [1.165, 1.54) is 5.56 Å². The molecule has 1 N–H and O–H groups in total. The van der Waals surface area contributed by atoms with E-state index in [1.54, 1.807) is 0 Å². The zero-order valence-corrected chi connectivity index (χ0v) is 23.3. The van der Waals surface area contributed by atoms with Crippen molar-refractivity contribution in [1.29, 1.82) is 0 Å². The van der Waals surface area contributed by atoms with Gasteiger partial charge in [-0.2, -0.15) is 0 Å². The molecule has 39 heavy (non-hydrogen) atoms. The molecule has 2 atom stereocenters. The summed E-state index contributed by atoms with van der Waals surface area (Å²) in [5.41, 5.74) is 7.89. The highest BCUT2D eigenvalue weighted by Crippen LogP contribution is 2.46. The van der Waals surface area contributed by atoms with Crippen LogP contribution in [0.5, 0.6) is 17.2 Å². The average molecular weight is 549 g/mol. The van der Waals surface area contributed by atoms with Crippen molar-refractivity contribution in [2.75, 3.05) is 26.4 Å². The Hall–Kier alpha value is -3.22. The highest BCUT2D eigenvalue weighted by atomic mass is 35.5. The van der Waals surface area contributed by atoms with Crippen molar-refractivity contribution in [2.45, 2.75) is 52.1 Å². The highest BCUT2D eigenvalue weighted by molar-refractivity contribution is 6.33. The first-order valence-corrected chi connectivity index (χ1v) is 13.9. The Morgan fingerprint density at radius 1 is 1.05 bits per heavy atom. The summed E-state index contributed by atoms with van der Waals surface area (Å²) >= 11 is 6.85. The van der Waals surface area contributed by atoms with Crippen molar-refractivity contribution in [3.8, 4) is 28.4 Å². The van der Waals surface area contributed by atoms with Crippen molar-refractivity contribution in [3.05, 3.63) is 75.3 Å². The molecule has 2 aliphatic heterocycles.